The lowest BCUT2D eigenvalue weighted by atomic mass is 10.2. The van der Waals surface area contributed by atoms with E-state index in [1.54, 1.807) is 0 Å². The van der Waals surface area contributed by atoms with Crippen LogP contribution >= 0.6 is 0 Å². The van der Waals surface area contributed by atoms with Crippen LogP contribution in [0.4, 0.5) is 0 Å². The summed E-state index contributed by atoms with van der Waals surface area (Å²) >= 11 is 0. The van der Waals surface area contributed by atoms with Gasteiger partial charge in [-0.1, -0.05) is 0 Å². The molecular weight excluding hydrogens is 202 g/mol. The van der Waals surface area contributed by atoms with Gasteiger partial charge in [0, 0.05) is 45.3 Å². The Labute approximate surface area is 97.0 Å². The van der Waals surface area contributed by atoms with E-state index in [9.17, 15) is 4.79 Å². The van der Waals surface area contributed by atoms with E-state index in [0.717, 1.165) is 52.1 Å². The Bertz CT molecular complexity index is 291. The summed E-state index contributed by atoms with van der Waals surface area (Å²) in [5.41, 5.74) is 0. The van der Waals surface area contributed by atoms with Gasteiger partial charge in [0.25, 0.3) is 5.91 Å². The molecule has 2 saturated heterocycles. The monoisotopic (exact) mass is 221 g/mol. The third-order valence-corrected chi connectivity index (χ3v) is 3.44. The van der Waals surface area contributed by atoms with Crippen LogP contribution in [0.1, 0.15) is 12.8 Å². The topological polar surface area (TPSA) is 35.6 Å². The largest absolute Gasteiger partial charge is 0.328 e. The van der Waals surface area contributed by atoms with Gasteiger partial charge in [0.1, 0.15) is 0 Å². The van der Waals surface area contributed by atoms with E-state index < -0.39 is 0 Å². The van der Waals surface area contributed by atoms with Crippen LogP contribution < -0.4 is 5.32 Å². The van der Waals surface area contributed by atoms with Gasteiger partial charge in [0.15, 0.2) is 0 Å². The Morgan fingerprint density at radius 1 is 1.38 bits per heavy atom. The van der Waals surface area contributed by atoms with Gasteiger partial charge in [-0.3, -0.25) is 9.69 Å². The highest BCUT2D eigenvalue weighted by atomic mass is 16.2. The molecule has 1 N–H and O–H groups in total. The van der Waals surface area contributed by atoms with Gasteiger partial charge in [-0.25, -0.2) is 0 Å². The molecule has 2 aliphatic rings. The zero-order valence-corrected chi connectivity index (χ0v) is 9.61. The predicted molar refractivity (Wildman–Crippen MR) is 62.9 cm³/mol. The summed E-state index contributed by atoms with van der Waals surface area (Å²) in [4.78, 5) is 15.8. The van der Waals surface area contributed by atoms with Gasteiger partial charge in [-0.05, 0) is 18.8 Å². The fourth-order valence-electron chi connectivity index (χ4n) is 2.57. The second kappa shape index (κ2) is 5.33. The normalized spacial score (nSPS) is 26.7. The first kappa shape index (κ1) is 11.4. The second-order valence-electron chi connectivity index (χ2n) is 4.49. The highest BCUT2D eigenvalue weighted by molar-refractivity contribution is 5.93. The van der Waals surface area contributed by atoms with Crippen LogP contribution in [0, 0.1) is 12.3 Å². The minimum Gasteiger partial charge on any atom is -0.328 e. The van der Waals surface area contributed by atoms with Gasteiger partial charge in [0.05, 0.1) is 0 Å². The Balaban J connectivity index is 1.88. The number of amides is 1. The molecule has 2 fully saturated rings. The zero-order valence-electron chi connectivity index (χ0n) is 9.61. The van der Waals surface area contributed by atoms with Gasteiger partial charge < -0.3 is 10.2 Å². The third-order valence-electron chi connectivity index (χ3n) is 3.44. The molecule has 4 nitrogen and oxygen atoms in total. The standard InChI is InChI=1S/C12H19N3O/c1-2-12(16)15-7-3-4-11(15)10-14-8-5-13-6-9-14/h1,11,13H,3-10H2. The van der Waals surface area contributed by atoms with E-state index in [2.05, 4.69) is 16.1 Å². The quantitative estimate of drug-likeness (QED) is 0.640. The number of likely N-dealkylation sites (tertiary alicyclic amines) is 1. The summed E-state index contributed by atoms with van der Waals surface area (Å²) < 4.78 is 0. The van der Waals surface area contributed by atoms with E-state index >= 15 is 0 Å². The highest BCUT2D eigenvalue weighted by Gasteiger charge is 2.29. The lowest BCUT2D eigenvalue weighted by Gasteiger charge is -2.32. The van der Waals surface area contributed by atoms with Gasteiger partial charge in [-0.15, -0.1) is 6.42 Å². The number of hydrogen-bond acceptors (Lipinski definition) is 3. The van der Waals surface area contributed by atoms with Crippen LogP contribution in [-0.4, -0.2) is 61.0 Å². The van der Waals surface area contributed by atoms with Crippen molar-refractivity contribution in [1.82, 2.24) is 15.1 Å². The van der Waals surface area contributed by atoms with Crippen molar-refractivity contribution in [1.29, 1.82) is 0 Å². The number of hydrogen-bond donors (Lipinski definition) is 1. The van der Waals surface area contributed by atoms with E-state index in [0.29, 0.717) is 6.04 Å². The van der Waals surface area contributed by atoms with Crippen LogP contribution in [-0.2, 0) is 4.79 Å². The Hall–Kier alpha value is -1.05. The van der Waals surface area contributed by atoms with Crippen LogP contribution in [0.2, 0.25) is 0 Å². The van der Waals surface area contributed by atoms with Crippen molar-refractivity contribution in [2.24, 2.45) is 0 Å². The molecule has 0 bridgehead atoms. The number of carbonyl (C=O) groups is 1. The van der Waals surface area contributed by atoms with Gasteiger partial charge in [0.2, 0.25) is 0 Å². The maximum atomic E-state index is 11.5. The lowest BCUT2D eigenvalue weighted by Crippen LogP contribution is -2.49. The first-order valence-electron chi connectivity index (χ1n) is 6.01. The van der Waals surface area contributed by atoms with Crippen molar-refractivity contribution < 1.29 is 4.79 Å². The number of nitrogens with one attached hydrogen (secondary N) is 1. The summed E-state index contributed by atoms with van der Waals surface area (Å²) in [5.74, 6) is 2.09. The molecule has 88 valence electrons. The molecule has 2 rings (SSSR count). The molecule has 0 aromatic rings. The second-order valence-corrected chi connectivity index (χ2v) is 4.49. The number of terminal acetylenes is 1. The maximum Gasteiger partial charge on any atom is 0.298 e. The molecule has 0 saturated carbocycles. The minimum atomic E-state index is -0.141. The number of rotatable bonds is 2. The number of carbonyl (C=O) groups excluding carboxylic acids is 1. The van der Waals surface area contributed by atoms with Crippen molar-refractivity contribution in [3.63, 3.8) is 0 Å². The van der Waals surface area contributed by atoms with E-state index in [1.807, 2.05) is 4.90 Å². The van der Waals surface area contributed by atoms with Crippen molar-refractivity contribution in [2.75, 3.05) is 39.3 Å². The first-order valence-corrected chi connectivity index (χ1v) is 6.01. The minimum absolute atomic E-state index is 0.141. The molecule has 0 radical (unpaired) electrons. The first-order chi connectivity index (χ1) is 7.81. The Morgan fingerprint density at radius 2 is 2.12 bits per heavy atom. The lowest BCUT2D eigenvalue weighted by molar-refractivity contribution is -0.126. The van der Waals surface area contributed by atoms with Crippen molar-refractivity contribution in [2.45, 2.75) is 18.9 Å². The molecule has 2 aliphatic heterocycles. The maximum absolute atomic E-state index is 11.5. The third kappa shape index (κ3) is 2.55. The van der Waals surface area contributed by atoms with Crippen LogP contribution in [0.5, 0.6) is 0 Å². The van der Waals surface area contributed by atoms with Crippen LogP contribution in [0.3, 0.4) is 0 Å². The molecule has 1 amide bonds. The Kier molecular flexibility index (Phi) is 3.81. The molecule has 1 unspecified atom stereocenters. The molecular formula is C12H19N3O. The molecule has 16 heavy (non-hydrogen) atoms. The van der Waals surface area contributed by atoms with Gasteiger partial charge >= 0.3 is 0 Å². The highest BCUT2D eigenvalue weighted by Crippen LogP contribution is 2.18. The number of nitrogens with zero attached hydrogens (tertiary/aromatic N) is 2. The molecule has 0 spiro atoms. The fourth-order valence-corrected chi connectivity index (χ4v) is 2.57. The molecule has 2 heterocycles. The van der Waals surface area contributed by atoms with Gasteiger partial charge in [-0.2, -0.15) is 0 Å². The molecule has 4 heteroatoms. The molecule has 0 aromatic carbocycles. The van der Waals surface area contributed by atoms with E-state index in [-0.39, 0.29) is 5.91 Å². The Morgan fingerprint density at radius 3 is 2.81 bits per heavy atom. The van der Waals surface area contributed by atoms with E-state index in [4.69, 9.17) is 6.42 Å². The van der Waals surface area contributed by atoms with Crippen molar-refractivity contribution >= 4 is 5.91 Å². The molecule has 1 atom stereocenters. The fraction of sp³-hybridized carbons (Fsp3) is 0.750. The van der Waals surface area contributed by atoms with Crippen molar-refractivity contribution in [3.05, 3.63) is 0 Å². The van der Waals surface area contributed by atoms with Crippen LogP contribution in [0.15, 0.2) is 0 Å². The number of piperazine rings is 1. The zero-order chi connectivity index (χ0) is 11.4. The summed E-state index contributed by atoms with van der Waals surface area (Å²) in [5, 5.41) is 3.33. The summed E-state index contributed by atoms with van der Waals surface area (Å²) in [7, 11) is 0. The van der Waals surface area contributed by atoms with E-state index in [1.165, 1.54) is 0 Å². The molecule has 0 aromatic heterocycles. The SMILES string of the molecule is C#CC(=O)N1CCCC1CN1CCNCC1. The summed E-state index contributed by atoms with van der Waals surface area (Å²) in [6.07, 6.45) is 7.36. The predicted octanol–water partition coefficient (Wildman–Crippen LogP) is -0.484. The molecule has 0 aliphatic carbocycles. The summed E-state index contributed by atoms with van der Waals surface area (Å²) in [6, 6.07) is 0.335. The van der Waals surface area contributed by atoms with Crippen LogP contribution in [0.25, 0.3) is 0 Å². The average Bonchev–Trinajstić information content (AvgIpc) is 2.77. The van der Waals surface area contributed by atoms with Crippen molar-refractivity contribution in [3.8, 4) is 12.3 Å². The smallest absolute Gasteiger partial charge is 0.298 e. The average molecular weight is 221 g/mol. The summed E-state index contributed by atoms with van der Waals surface area (Å²) in [6.45, 7) is 6.07.